The zero-order valence-corrected chi connectivity index (χ0v) is 13.8. The van der Waals surface area contributed by atoms with Gasteiger partial charge in [0.1, 0.15) is 4.88 Å². The Morgan fingerprint density at radius 3 is 3.04 bits per heavy atom. The molecule has 0 aliphatic carbocycles. The average molecular weight is 349 g/mol. The number of benzene rings is 1. The summed E-state index contributed by atoms with van der Waals surface area (Å²) in [5, 5.41) is 8.19. The van der Waals surface area contributed by atoms with Gasteiger partial charge < -0.3 is 9.84 Å². The number of halogens is 1. The van der Waals surface area contributed by atoms with E-state index in [0.29, 0.717) is 34.6 Å². The fraction of sp³-hybridized carbons (Fsp3) is 0.200. The summed E-state index contributed by atoms with van der Waals surface area (Å²) in [6.07, 6.45) is 2.02. The lowest BCUT2D eigenvalue weighted by molar-refractivity contribution is 0.0957. The maximum Gasteiger partial charge on any atom is 0.263 e. The smallest absolute Gasteiger partial charge is 0.263 e. The molecule has 1 amide bonds. The number of thiazole rings is 1. The largest absolute Gasteiger partial charge is 0.351 e. The third-order valence-corrected chi connectivity index (χ3v) is 4.17. The quantitative estimate of drug-likeness (QED) is 0.766. The minimum absolute atomic E-state index is 0.148. The molecule has 6 nitrogen and oxygen atoms in total. The Morgan fingerprint density at radius 2 is 2.30 bits per heavy atom. The molecule has 118 valence electrons. The Balaban J connectivity index is 1.56. The summed E-state index contributed by atoms with van der Waals surface area (Å²) in [4.78, 5) is 20.8. The van der Waals surface area contributed by atoms with E-state index in [4.69, 9.17) is 16.1 Å². The summed E-state index contributed by atoms with van der Waals surface area (Å²) in [5.74, 6) is 0.790. The van der Waals surface area contributed by atoms with Crippen LogP contribution in [0.1, 0.15) is 20.6 Å². The molecule has 1 N–H and O–H groups in total. The second kappa shape index (κ2) is 6.89. The van der Waals surface area contributed by atoms with E-state index in [-0.39, 0.29) is 5.91 Å². The molecule has 1 aromatic carbocycles. The molecule has 0 saturated carbocycles. The molecule has 0 atom stereocenters. The molecule has 0 saturated heterocycles. The second-order valence-electron chi connectivity index (χ2n) is 4.77. The number of carbonyl (C=O) groups is 1. The number of amides is 1. The normalized spacial score (nSPS) is 10.7. The molecular formula is C15H13ClN4O2S. The lowest BCUT2D eigenvalue weighted by Crippen LogP contribution is -2.24. The molecular weight excluding hydrogens is 336 g/mol. The van der Waals surface area contributed by atoms with Gasteiger partial charge in [-0.05, 0) is 19.1 Å². The summed E-state index contributed by atoms with van der Waals surface area (Å²) in [5.41, 5.74) is 0.789. The highest BCUT2D eigenvalue weighted by atomic mass is 35.5. The number of hydrogen-bond acceptors (Lipinski definition) is 6. The van der Waals surface area contributed by atoms with E-state index in [1.165, 1.54) is 11.3 Å². The molecule has 0 unspecified atom stereocenters. The van der Waals surface area contributed by atoms with Gasteiger partial charge in [-0.3, -0.25) is 4.79 Å². The van der Waals surface area contributed by atoms with Crippen LogP contribution in [0.15, 0.2) is 35.0 Å². The van der Waals surface area contributed by atoms with Crippen molar-refractivity contribution < 1.29 is 9.32 Å². The van der Waals surface area contributed by atoms with Gasteiger partial charge in [-0.2, -0.15) is 4.98 Å². The van der Waals surface area contributed by atoms with Crippen LogP contribution >= 0.6 is 22.9 Å². The van der Waals surface area contributed by atoms with Crippen LogP contribution < -0.4 is 5.32 Å². The summed E-state index contributed by atoms with van der Waals surface area (Å²) in [6.45, 7) is 2.27. The maximum absolute atomic E-state index is 11.9. The molecule has 0 bridgehead atoms. The predicted octanol–water partition coefficient (Wildman–Crippen LogP) is 3.13. The van der Waals surface area contributed by atoms with E-state index in [1.807, 2.05) is 19.1 Å². The monoisotopic (exact) mass is 348 g/mol. The van der Waals surface area contributed by atoms with Crippen molar-refractivity contribution in [2.75, 3.05) is 6.54 Å². The van der Waals surface area contributed by atoms with Crippen LogP contribution in [0.25, 0.3) is 11.4 Å². The fourth-order valence-electron chi connectivity index (χ4n) is 1.94. The van der Waals surface area contributed by atoms with E-state index in [0.717, 1.165) is 10.6 Å². The summed E-state index contributed by atoms with van der Waals surface area (Å²) in [7, 11) is 0. The van der Waals surface area contributed by atoms with Crippen molar-refractivity contribution in [2.45, 2.75) is 13.3 Å². The molecule has 0 radical (unpaired) electrons. The van der Waals surface area contributed by atoms with Crippen LogP contribution in [-0.2, 0) is 6.42 Å². The minimum atomic E-state index is -0.148. The zero-order valence-electron chi connectivity index (χ0n) is 12.2. The molecule has 0 spiro atoms. The van der Waals surface area contributed by atoms with Crippen LogP contribution in [0.2, 0.25) is 5.02 Å². The number of rotatable bonds is 5. The number of nitrogens with one attached hydrogen (secondary N) is 1. The van der Waals surface area contributed by atoms with Crippen molar-refractivity contribution in [2.24, 2.45) is 0 Å². The molecule has 8 heteroatoms. The van der Waals surface area contributed by atoms with E-state index in [9.17, 15) is 4.79 Å². The molecule has 3 aromatic rings. The van der Waals surface area contributed by atoms with E-state index in [2.05, 4.69) is 20.4 Å². The first-order chi connectivity index (χ1) is 11.1. The van der Waals surface area contributed by atoms with Crippen LogP contribution in [0.3, 0.4) is 0 Å². The van der Waals surface area contributed by atoms with E-state index in [1.54, 1.807) is 18.3 Å². The second-order valence-corrected chi connectivity index (χ2v) is 6.44. The molecule has 2 heterocycles. The Bertz CT molecular complexity index is 830. The van der Waals surface area contributed by atoms with Crippen molar-refractivity contribution in [1.82, 2.24) is 20.4 Å². The highest BCUT2D eigenvalue weighted by molar-refractivity contribution is 7.13. The van der Waals surface area contributed by atoms with Crippen molar-refractivity contribution in [3.63, 3.8) is 0 Å². The Hall–Kier alpha value is -2.25. The van der Waals surface area contributed by atoms with Gasteiger partial charge in [-0.25, -0.2) is 4.98 Å². The number of aryl methyl sites for hydroxylation is 1. The number of aromatic nitrogens is 3. The van der Waals surface area contributed by atoms with Crippen LogP contribution in [-0.4, -0.2) is 27.6 Å². The van der Waals surface area contributed by atoms with Gasteiger partial charge in [-0.15, -0.1) is 11.3 Å². The van der Waals surface area contributed by atoms with Crippen molar-refractivity contribution >= 4 is 28.8 Å². The Kier molecular flexibility index (Phi) is 4.68. The zero-order chi connectivity index (χ0) is 16.2. The molecule has 2 aromatic heterocycles. The lowest BCUT2D eigenvalue weighted by atomic mass is 10.2. The highest BCUT2D eigenvalue weighted by Gasteiger charge is 2.11. The molecule has 0 fully saturated rings. The minimum Gasteiger partial charge on any atom is -0.351 e. The molecule has 3 rings (SSSR count). The van der Waals surface area contributed by atoms with Gasteiger partial charge in [-0.1, -0.05) is 28.9 Å². The van der Waals surface area contributed by atoms with Gasteiger partial charge in [0.25, 0.3) is 5.91 Å². The summed E-state index contributed by atoms with van der Waals surface area (Å²) >= 11 is 7.30. The van der Waals surface area contributed by atoms with Crippen molar-refractivity contribution in [3.05, 3.63) is 51.3 Å². The Morgan fingerprint density at radius 1 is 1.43 bits per heavy atom. The molecule has 23 heavy (non-hydrogen) atoms. The average Bonchev–Trinajstić information content (AvgIpc) is 3.16. The van der Waals surface area contributed by atoms with E-state index < -0.39 is 0 Å². The predicted molar refractivity (Wildman–Crippen MR) is 87.6 cm³/mol. The van der Waals surface area contributed by atoms with Gasteiger partial charge in [0.2, 0.25) is 11.7 Å². The highest BCUT2D eigenvalue weighted by Crippen LogP contribution is 2.20. The molecule has 0 aliphatic rings. The van der Waals surface area contributed by atoms with Gasteiger partial charge in [0.15, 0.2) is 0 Å². The first kappa shape index (κ1) is 15.6. The number of nitrogens with zero attached hydrogens (tertiary/aromatic N) is 3. The van der Waals surface area contributed by atoms with Crippen molar-refractivity contribution in [3.8, 4) is 11.4 Å². The maximum atomic E-state index is 11.9. The number of carbonyl (C=O) groups excluding carboxylic acids is 1. The Labute approximate surface area is 141 Å². The third-order valence-electron chi connectivity index (χ3n) is 3.02. The number of hydrogen-bond donors (Lipinski definition) is 1. The molecule has 0 aliphatic heterocycles. The first-order valence-electron chi connectivity index (χ1n) is 6.91. The topological polar surface area (TPSA) is 80.9 Å². The van der Waals surface area contributed by atoms with Gasteiger partial charge >= 0.3 is 0 Å². The van der Waals surface area contributed by atoms with Crippen LogP contribution in [0.5, 0.6) is 0 Å². The van der Waals surface area contributed by atoms with Crippen molar-refractivity contribution in [1.29, 1.82) is 0 Å². The summed E-state index contributed by atoms with van der Waals surface area (Å²) < 4.78 is 5.19. The lowest BCUT2D eigenvalue weighted by Gasteiger charge is -1.99. The van der Waals surface area contributed by atoms with Crippen LogP contribution in [0.4, 0.5) is 0 Å². The van der Waals surface area contributed by atoms with E-state index >= 15 is 0 Å². The third kappa shape index (κ3) is 3.94. The van der Waals surface area contributed by atoms with Gasteiger partial charge in [0.05, 0.1) is 11.2 Å². The van der Waals surface area contributed by atoms with Gasteiger partial charge in [0, 0.05) is 23.6 Å². The standard InChI is InChI=1S/C15H13ClN4O2S/c1-9-18-8-12(23-9)15(21)17-6-5-13-19-14(20-22-13)10-3-2-4-11(16)7-10/h2-4,7-8H,5-6H2,1H3,(H,17,21). The fourth-order valence-corrected chi connectivity index (χ4v) is 2.82. The SMILES string of the molecule is Cc1ncc(C(=O)NCCc2nc(-c3cccc(Cl)c3)no2)s1. The summed E-state index contributed by atoms with van der Waals surface area (Å²) in [6, 6.07) is 7.23. The van der Waals surface area contributed by atoms with Crippen LogP contribution in [0, 0.1) is 6.92 Å². The first-order valence-corrected chi connectivity index (χ1v) is 8.10.